The van der Waals surface area contributed by atoms with Crippen molar-refractivity contribution in [2.75, 3.05) is 25.1 Å². The SMILES string of the molecule is CN(CCO)c1ccc([N+](=O)[O-])c2cnccc12. The summed E-state index contributed by atoms with van der Waals surface area (Å²) < 4.78 is 0. The molecule has 1 heterocycles. The number of pyridine rings is 1. The van der Waals surface area contributed by atoms with Crippen molar-refractivity contribution in [3.63, 3.8) is 0 Å². The maximum Gasteiger partial charge on any atom is 0.278 e. The second kappa shape index (κ2) is 4.97. The average molecular weight is 247 g/mol. The zero-order valence-corrected chi connectivity index (χ0v) is 9.91. The van der Waals surface area contributed by atoms with Crippen LogP contribution in [0, 0.1) is 10.1 Å². The minimum absolute atomic E-state index is 0.0278. The number of nitrogens with zero attached hydrogens (tertiary/aromatic N) is 3. The lowest BCUT2D eigenvalue weighted by atomic mass is 10.1. The van der Waals surface area contributed by atoms with Crippen molar-refractivity contribution < 1.29 is 10.0 Å². The molecule has 0 radical (unpaired) electrons. The molecule has 1 aromatic carbocycles. The van der Waals surface area contributed by atoms with Crippen molar-refractivity contribution in [1.29, 1.82) is 0 Å². The van der Waals surface area contributed by atoms with Gasteiger partial charge in [-0.15, -0.1) is 0 Å². The minimum atomic E-state index is -0.417. The molecule has 94 valence electrons. The topological polar surface area (TPSA) is 79.5 Å². The van der Waals surface area contributed by atoms with Gasteiger partial charge in [0.15, 0.2) is 0 Å². The Kier molecular flexibility index (Phi) is 3.38. The number of aromatic nitrogens is 1. The molecular formula is C12H13N3O3. The maximum absolute atomic E-state index is 10.9. The summed E-state index contributed by atoms with van der Waals surface area (Å²) in [7, 11) is 1.83. The van der Waals surface area contributed by atoms with Gasteiger partial charge in [-0.2, -0.15) is 0 Å². The highest BCUT2D eigenvalue weighted by Crippen LogP contribution is 2.32. The smallest absolute Gasteiger partial charge is 0.278 e. The van der Waals surface area contributed by atoms with E-state index >= 15 is 0 Å². The first-order valence-electron chi connectivity index (χ1n) is 5.48. The number of nitro benzene ring substituents is 1. The molecular weight excluding hydrogens is 234 g/mol. The summed E-state index contributed by atoms with van der Waals surface area (Å²) in [5.74, 6) is 0. The highest BCUT2D eigenvalue weighted by atomic mass is 16.6. The van der Waals surface area contributed by atoms with E-state index in [0.29, 0.717) is 11.9 Å². The number of aliphatic hydroxyl groups is 1. The summed E-state index contributed by atoms with van der Waals surface area (Å²) in [6.07, 6.45) is 3.09. The highest BCUT2D eigenvalue weighted by molar-refractivity contribution is 5.99. The largest absolute Gasteiger partial charge is 0.395 e. The molecule has 0 amide bonds. The predicted octanol–water partition coefficient (Wildman–Crippen LogP) is 1.57. The number of non-ortho nitro benzene ring substituents is 1. The molecule has 0 atom stereocenters. The van der Waals surface area contributed by atoms with Gasteiger partial charge in [-0.1, -0.05) is 0 Å². The fraction of sp³-hybridized carbons (Fsp3) is 0.250. The van der Waals surface area contributed by atoms with E-state index in [9.17, 15) is 10.1 Å². The van der Waals surface area contributed by atoms with Gasteiger partial charge >= 0.3 is 0 Å². The molecule has 0 unspecified atom stereocenters. The van der Waals surface area contributed by atoms with E-state index < -0.39 is 4.92 Å². The Balaban J connectivity index is 2.64. The van der Waals surface area contributed by atoms with Gasteiger partial charge in [0.05, 0.1) is 16.9 Å². The Hall–Kier alpha value is -2.21. The fourth-order valence-electron chi connectivity index (χ4n) is 1.92. The molecule has 1 N–H and O–H groups in total. The lowest BCUT2D eigenvalue weighted by molar-refractivity contribution is -0.383. The van der Waals surface area contributed by atoms with Crippen molar-refractivity contribution in [2.24, 2.45) is 0 Å². The molecule has 6 nitrogen and oxygen atoms in total. The van der Waals surface area contributed by atoms with Crippen molar-refractivity contribution in [3.05, 3.63) is 40.7 Å². The number of hydrogen-bond donors (Lipinski definition) is 1. The van der Waals surface area contributed by atoms with Gasteiger partial charge in [0.2, 0.25) is 0 Å². The van der Waals surface area contributed by atoms with E-state index in [4.69, 9.17) is 5.11 Å². The Morgan fingerprint density at radius 3 is 2.83 bits per heavy atom. The third-order valence-corrected chi connectivity index (χ3v) is 2.82. The Bertz CT molecular complexity index is 586. The lowest BCUT2D eigenvalue weighted by Crippen LogP contribution is -2.21. The van der Waals surface area contributed by atoms with Crippen LogP contribution >= 0.6 is 0 Å². The average Bonchev–Trinajstić information content (AvgIpc) is 2.37. The number of likely N-dealkylation sites (N-methyl/N-ethyl adjacent to an activating group) is 1. The summed E-state index contributed by atoms with van der Waals surface area (Å²) >= 11 is 0. The van der Waals surface area contributed by atoms with E-state index in [0.717, 1.165) is 11.1 Å². The van der Waals surface area contributed by atoms with Crippen molar-refractivity contribution in [2.45, 2.75) is 0 Å². The molecule has 6 heteroatoms. The van der Waals surface area contributed by atoms with Crippen LogP contribution in [0.5, 0.6) is 0 Å². The van der Waals surface area contributed by atoms with E-state index in [1.165, 1.54) is 12.3 Å². The summed E-state index contributed by atoms with van der Waals surface area (Å²) in [4.78, 5) is 16.3. The molecule has 0 aliphatic rings. The number of benzene rings is 1. The van der Waals surface area contributed by atoms with Crippen LogP contribution in [0.1, 0.15) is 0 Å². The number of rotatable bonds is 4. The summed E-state index contributed by atoms with van der Waals surface area (Å²) in [6, 6.07) is 4.90. The van der Waals surface area contributed by atoms with Gasteiger partial charge in [-0.25, -0.2) is 0 Å². The zero-order valence-electron chi connectivity index (χ0n) is 9.91. The first-order chi connectivity index (χ1) is 8.65. The van der Waals surface area contributed by atoms with Gasteiger partial charge in [-0.05, 0) is 12.1 Å². The monoisotopic (exact) mass is 247 g/mol. The van der Waals surface area contributed by atoms with Crippen LogP contribution in [0.25, 0.3) is 10.8 Å². The first kappa shape index (κ1) is 12.3. The molecule has 1 aromatic heterocycles. The first-order valence-corrected chi connectivity index (χ1v) is 5.48. The molecule has 0 aliphatic heterocycles. The van der Waals surface area contributed by atoms with Crippen molar-refractivity contribution >= 4 is 22.1 Å². The summed E-state index contributed by atoms with van der Waals surface area (Å²) in [6.45, 7) is 0.495. The van der Waals surface area contributed by atoms with Crippen LogP contribution in [-0.4, -0.2) is 35.2 Å². The lowest BCUT2D eigenvalue weighted by Gasteiger charge is -2.19. The molecule has 2 aromatic rings. The molecule has 0 saturated heterocycles. The quantitative estimate of drug-likeness (QED) is 0.655. The van der Waals surface area contributed by atoms with Crippen LogP contribution in [0.4, 0.5) is 11.4 Å². The number of aliphatic hydroxyl groups excluding tert-OH is 1. The molecule has 18 heavy (non-hydrogen) atoms. The molecule has 0 fully saturated rings. The third-order valence-electron chi connectivity index (χ3n) is 2.82. The standard InChI is InChI=1S/C12H13N3O3/c1-14(6-7-16)11-2-3-12(15(17)18)10-8-13-5-4-9(10)11/h2-5,8,16H,6-7H2,1H3. The molecule has 0 bridgehead atoms. The number of anilines is 1. The van der Waals surface area contributed by atoms with Crippen LogP contribution in [-0.2, 0) is 0 Å². The van der Waals surface area contributed by atoms with E-state index in [1.807, 2.05) is 11.9 Å². The molecule has 0 aliphatic carbocycles. The molecule has 0 saturated carbocycles. The summed E-state index contributed by atoms with van der Waals surface area (Å²) in [5, 5.41) is 21.2. The van der Waals surface area contributed by atoms with Gasteiger partial charge in [0, 0.05) is 43.1 Å². The van der Waals surface area contributed by atoms with Gasteiger partial charge in [0.25, 0.3) is 5.69 Å². The van der Waals surface area contributed by atoms with Crippen LogP contribution in [0.3, 0.4) is 0 Å². The number of hydrogen-bond acceptors (Lipinski definition) is 5. The van der Waals surface area contributed by atoms with E-state index in [2.05, 4.69) is 4.98 Å². The van der Waals surface area contributed by atoms with Gasteiger partial charge < -0.3 is 10.0 Å². The Morgan fingerprint density at radius 1 is 1.39 bits per heavy atom. The number of fused-ring (bicyclic) bond motifs is 1. The maximum atomic E-state index is 10.9. The van der Waals surface area contributed by atoms with Crippen molar-refractivity contribution in [3.8, 4) is 0 Å². The van der Waals surface area contributed by atoms with Gasteiger partial charge in [0.1, 0.15) is 0 Å². The van der Waals surface area contributed by atoms with Crippen molar-refractivity contribution in [1.82, 2.24) is 4.98 Å². The second-order valence-electron chi connectivity index (χ2n) is 3.93. The fourth-order valence-corrected chi connectivity index (χ4v) is 1.92. The van der Waals surface area contributed by atoms with Crippen LogP contribution in [0.2, 0.25) is 0 Å². The zero-order chi connectivity index (χ0) is 13.1. The van der Waals surface area contributed by atoms with Crippen LogP contribution in [0.15, 0.2) is 30.6 Å². The summed E-state index contributed by atoms with van der Waals surface area (Å²) in [5.41, 5.74) is 0.881. The van der Waals surface area contributed by atoms with Crippen LogP contribution < -0.4 is 4.90 Å². The second-order valence-corrected chi connectivity index (χ2v) is 3.93. The number of nitro groups is 1. The predicted molar refractivity (Wildman–Crippen MR) is 68.8 cm³/mol. The third kappa shape index (κ3) is 2.10. The normalized spacial score (nSPS) is 10.6. The molecule has 2 rings (SSSR count). The highest BCUT2D eigenvalue weighted by Gasteiger charge is 2.15. The van der Waals surface area contributed by atoms with Gasteiger partial charge in [-0.3, -0.25) is 15.1 Å². The Morgan fingerprint density at radius 2 is 2.17 bits per heavy atom. The van der Waals surface area contributed by atoms with E-state index in [1.54, 1.807) is 18.3 Å². The molecule has 0 spiro atoms. The van der Waals surface area contributed by atoms with E-state index in [-0.39, 0.29) is 12.3 Å². The minimum Gasteiger partial charge on any atom is -0.395 e. The Labute approximate surface area is 104 Å².